The first-order chi connectivity index (χ1) is 15.6. The van der Waals surface area contributed by atoms with Crippen molar-refractivity contribution >= 4 is 29.6 Å². The molecule has 1 fully saturated rings. The molecule has 2 aromatic rings. The van der Waals surface area contributed by atoms with Crippen LogP contribution in [-0.4, -0.2) is 36.8 Å². The molecule has 2 aliphatic rings. The zero-order valence-electron chi connectivity index (χ0n) is 17.4. The molecule has 4 rings (SSSR count). The number of amides is 3. The molecule has 1 aliphatic carbocycles. The van der Waals surface area contributed by atoms with E-state index in [1.807, 2.05) is 0 Å². The lowest BCUT2D eigenvalue weighted by molar-refractivity contribution is -0.136. The highest BCUT2D eigenvalue weighted by Gasteiger charge is 2.21. The molecular weight excluding hydrogens is 412 g/mol. The molecule has 32 heavy (non-hydrogen) atoms. The number of rotatable bonds is 5. The quantitative estimate of drug-likeness (QED) is 0.378. The number of hydrogen-bond donors (Lipinski definition) is 3. The lowest BCUT2D eigenvalue weighted by atomic mass is 9.95. The van der Waals surface area contributed by atoms with Crippen LogP contribution in [0.1, 0.15) is 48.0 Å². The third-order valence-electron chi connectivity index (χ3n) is 5.34. The number of nitrogens with zero attached hydrogens (tertiary/aromatic N) is 1. The van der Waals surface area contributed by atoms with Crippen LogP contribution in [0, 0.1) is 0 Å². The summed E-state index contributed by atoms with van der Waals surface area (Å²) < 4.78 is 10.5. The Morgan fingerprint density at radius 2 is 1.72 bits per heavy atom. The number of nitrogens with one attached hydrogen (secondary N) is 3. The fraction of sp³-hybridized carbons (Fsp3) is 0.304. The van der Waals surface area contributed by atoms with Crippen molar-refractivity contribution in [1.82, 2.24) is 10.7 Å². The molecule has 3 amide bonds. The van der Waals surface area contributed by atoms with Gasteiger partial charge >= 0.3 is 11.8 Å². The molecule has 1 heterocycles. The topological polar surface area (TPSA) is 118 Å². The van der Waals surface area contributed by atoms with Gasteiger partial charge in [-0.05, 0) is 48.7 Å². The summed E-state index contributed by atoms with van der Waals surface area (Å²) in [5.41, 5.74) is 3.42. The molecule has 0 unspecified atom stereocenters. The number of carbonyl (C=O) groups excluding carboxylic acids is 3. The third kappa shape index (κ3) is 5.23. The molecule has 0 spiro atoms. The zero-order chi connectivity index (χ0) is 22.3. The van der Waals surface area contributed by atoms with E-state index in [1.54, 1.807) is 42.5 Å². The first-order valence-corrected chi connectivity index (χ1v) is 10.5. The molecule has 3 N–H and O–H groups in total. The number of fused-ring (bicyclic) bond motifs is 1. The van der Waals surface area contributed by atoms with Crippen molar-refractivity contribution in [3.63, 3.8) is 0 Å². The largest absolute Gasteiger partial charge is 0.454 e. The standard InChI is InChI=1S/C23H24N4O5/c28-21(25-16-6-2-1-3-7-16)17-8-4-5-9-18(17)26-22(29)23(30)27-24-13-15-10-11-19-20(12-15)32-14-31-19/h4-5,8-13,16H,1-3,6-7,14H2,(H,25,28)(H,26,29)(H,27,30). The maximum absolute atomic E-state index is 12.7. The second kappa shape index (κ2) is 9.95. The van der Waals surface area contributed by atoms with E-state index in [1.165, 1.54) is 12.6 Å². The van der Waals surface area contributed by atoms with E-state index >= 15 is 0 Å². The van der Waals surface area contributed by atoms with Gasteiger partial charge in [-0.3, -0.25) is 14.4 Å². The van der Waals surface area contributed by atoms with Crippen molar-refractivity contribution in [2.45, 2.75) is 38.1 Å². The number of hydrogen-bond acceptors (Lipinski definition) is 6. The Bertz CT molecular complexity index is 1050. The SMILES string of the molecule is O=C(NN=Cc1ccc2c(c1)OCO2)C(=O)Nc1ccccc1C(=O)NC1CCCCC1. The second-order valence-corrected chi connectivity index (χ2v) is 7.62. The Kier molecular flexibility index (Phi) is 6.64. The van der Waals surface area contributed by atoms with E-state index in [2.05, 4.69) is 21.2 Å². The molecule has 1 saturated carbocycles. The normalized spacial score (nSPS) is 15.4. The van der Waals surface area contributed by atoms with Crippen molar-refractivity contribution in [2.75, 3.05) is 12.1 Å². The van der Waals surface area contributed by atoms with E-state index in [0.29, 0.717) is 22.6 Å². The number of anilines is 1. The smallest absolute Gasteiger partial charge is 0.329 e. The Hall–Kier alpha value is -3.88. The minimum atomic E-state index is -0.954. The average Bonchev–Trinajstić information content (AvgIpc) is 3.28. The lowest BCUT2D eigenvalue weighted by Crippen LogP contribution is -2.37. The summed E-state index contributed by atoms with van der Waals surface area (Å²) in [5, 5.41) is 9.31. The zero-order valence-corrected chi connectivity index (χ0v) is 17.4. The molecule has 0 aromatic heterocycles. The highest BCUT2D eigenvalue weighted by atomic mass is 16.7. The van der Waals surface area contributed by atoms with Gasteiger partial charge in [0, 0.05) is 6.04 Å². The summed E-state index contributed by atoms with van der Waals surface area (Å²) in [6, 6.07) is 11.9. The molecule has 0 radical (unpaired) electrons. The van der Waals surface area contributed by atoms with Crippen LogP contribution in [-0.2, 0) is 9.59 Å². The first-order valence-electron chi connectivity index (χ1n) is 10.5. The molecule has 9 heteroatoms. The summed E-state index contributed by atoms with van der Waals surface area (Å²) in [6.07, 6.45) is 6.66. The molecule has 1 aliphatic heterocycles. The fourth-order valence-corrected chi connectivity index (χ4v) is 3.69. The van der Waals surface area contributed by atoms with Gasteiger partial charge in [0.15, 0.2) is 11.5 Å². The minimum absolute atomic E-state index is 0.133. The van der Waals surface area contributed by atoms with Gasteiger partial charge in [-0.2, -0.15) is 5.10 Å². The highest BCUT2D eigenvalue weighted by molar-refractivity contribution is 6.40. The van der Waals surface area contributed by atoms with E-state index in [9.17, 15) is 14.4 Å². The Morgan fingerprint density at radius 3 is 2.56 bits per heavy atom. The van der Waals surface area contributed by atoms with Gasteiger partial charge < -0.3 is 20.1 Å². The predicted molar refractivity (Wildman–Crippen MR) is 118 cm³/mol. The van der Waals surface area contributed by atoms with Crippen LogP contribution in [0.4, 0.5) is 5.69 Å². The molecule has 0 saturated heterocycles. The monoisotopic (exact) mass is 436 g/mol. The third-order valence-corrected chi connectivity index (χ3v) is 5.34. The number of para-hydroxylation sites is 1. The number of ether oxygens (including phenoxy) is 2. The van der Waals surface area contributed by atoms with E-state index < -0.39 is 11.8 Å². The summed E-state index contributed by atoms with van der Waals surface area (Å²) in [6.45, 7) is 0.160. The summed E-state index contributed by atoms with van der Waals surface area (Å²) in [5.74, 6) is -0.929. The average molecular weight is 436 g/mol. The predicted octanol–water partition coefficient (Wildman–Crippen LogP) is 2.57. The summed E-state index contributed by atoms with van der Waals surface area (Å²) in [4.78, 5) is 37.1. The second-order valence-electron chi connectivity index (χ2n) is 7.62. The van der Waals surface area contributed by atoms with Crippen LogP contribution in [0.15, 0.2) is 47.6 Å². The maximum Gasteiger partial charge on any atom is 0.329 e. The first kappa shape index (κ1) is 21.4. The van der Waals surface area contributed by atoms with Gasteiger partial charge in [-0.25, -0.2) is 5.43 Å². The molecule has 0 bridgehead atoms. The van der Waals surface area contributed by atoms with Crippen molar-refractivity contribution in [3.8, 4) is 11.5 Å². The van der Waals surface area contributed by atoms with Crippen LogP contribution >= 0.6 is 0 Å². The van der Waals surface area contributed by atoms with Gasteiger partial charge in [0.1, 0.15) is 0 Å². The highest BCUT2D eigenvalue weighted by Crippen LogP contribution is 2.32. The molecule has 166 valence electrons. The van der Waals surface area contributed by atoms with Gasteiger partial charge in [0.05, 0.1) is 17.5 Å². The molecule has 0 atom stereocenters. The van der Waals surface area contributed by atoms with Gasteiger partial charge in [-0.15, -0.1) is 0 Å². The lowest BCUT2D eigenvalue weighted by Gasteiger charge is -2.23. The Labute approximate surface area is 185 Å². The Morgan fingerprint density at radius 1 is 0.938 bits per heavy atom. The number of benzene rings is 2. The van der Waals surface area contributed by atoms with Gasteiger partial charge in [-0.1, -0.05) is 31.4 Å². The van der Waals surface area contributed by atoms with Crippen molar-refractivity contribution in [2.24, 2.45) is 5.10 Å². The van der Waals surface area contributed by atoms with Crippen LogP contribution in [0.3, 0.4) is 0 Å². The molecule has 9 nitrogen and oxygen atoms in total. The maximum atomic E-state index is 12.7. The number of carbonyl (C=O) groups is 3. The van der Waals surface area contributed by atoms with Crippen LogP contribution in [0.25, 0.3) is 0 Å². The summed E-state index contributed by atoms with van der Waals surface area (Å²) >= 11 is 0. The van der Waals surface area contributed by atoms with E-state index in [4.69, 9.17) is 9.47 Å². The van der Waals surface area contributed by atoms with E-state index in [-0.39, 0.29) is 24.4 Å². The minimum Gasteiger partial charge on any atom is -0.454 e. The van der Waals surface area contributed by atoms with Gasteiger partial charge in [0.25, 0.3) is 5.91 Å². The molecular formula is C23H24N4O5. The number of hydrazone groups is 1. The van der Waals surface area contributed by atoms with Crippen molar-refractivity contribution in [3.05, 3.63) is 53.6 Å². The Balaban J connectivity index is 1.34. The van der Waals surface area contributed by atoms with Crippen molar-refractivity contribution < 1.29 is 23.9 Å². The van der Waals surface area contributed by atoms with E-state index in [0.717, 1.165) is 25.7 Å². The van der Waals surface area contributed by atoms with Crippen LogP contribution < -0.4 is 25.5 Å². The molecule has 2 aromatic carbocycles. The van der Waals surface area contributed by atoms with Gasteiger partial charge in [0.2, 0.25) is 6.79 Å². The fourth-order valence-electron chi connectivity index (χ4n) is 3.69. The van der Waals surface area contributed by atoms with Crippen molar-refractivity contribution in [1.29, 1.82) is 0 Å². The summed E-state index contributed by atoms with van der Waals surface area (Å²) in [7, 11) is 0. The van der Waals surface area contributed by atoms with Crippen LogP contribution in [0.2, 0.25) is 0 Å². The van der Waals surface area contributed by atoms with Crippen LogP contribution in [0.5, 0.6) is 11.5 Å².